The molecule has 0 saturated heterocycles. The van der Waals surface area contributed by atoms with Crippen LogP contribution in [0.4, 0.5) is 9.52 Å². The number of aromatic nitrogens is 5. The average molecular weight is 391 g/mol. The standard InChI is InChI=1S/C18H10FN7OS/c19-11-3-1-5-13(7-11)26-16(9-21-25-26)17(27)24-18-23-15(10-28-18)14-6-2-4-12(8-20)22-14/h1-7,9-10H,(H,23,24,27). The second kappa shape index (κ2) is 7.34. The van der Waals surface area contributed by atoms with Gasteiger partial charge in [-0.2, -0.15) is 5.26 Å². The highest BCUT2D eigenvalue weighted by atomic mass is 32.1. The Labute approximate surface area is 161 Å². The summed E-state index contributed by atoms with van der Waals surface area (Å²) in [5.74, 6) is -0.940. The molecule has 1 aromatic carbocycles. The molecule has 0 spiro atoms. The number of carbonyl (C=O) groups excluding carboxylic acids is 1. The molecule has 0 radical (unpaired) electrons. The molecule has 0 aliphatic carbocycles. The van der Waals surface area contributed by atoms with Gasteiger partial charge in [0.1, 0.15) is 23.3 Å². The summed E-state index contributed by atoms with van der Waals surface area (Å²) in [5.41, 5.74) is 1.85. The third kappa shape index (κ3) is 3.46. The molecule has 4 rings (SSSR count). The van der Waals surface area contributed by atoms with Crippen LogP contribution in [0.25, 0.3) is 17.1 Å². The molecule has 0 saturated carbocycles. The highest BCUT2D eigenvalue weighted by Crippen LogP contribution is 2.24. The first-order valence-corrected chi connectivity index (χ1v) is 8.83. The third-order valence-electron chi connectivity index (χ3n) is 3.69. The molecular weight excluding hydrogens is 381 g/mol. The van der Waals surface area contributed by atoms with Gasteiger partial charge in [-0.1, -0.05) is 17.3 Å². The molecule has 0 fully saturated rings. The Morgan fingerprint density at radius 3 is 2.86 bits per heavy atom. The van der Waals surface area contributed by atoms with Gasteiger partial charge in [0.2, 0.25) is 0 Å². The molecule has 0 aliphatic heterocycles. The van der Waals surface area contributed by atoms with Crippen LogP contribution in [0, 0.1) is 17.1 Å². The fraction of sp³-hybridized carbons (Fsp3) is 0. The van der Waals surface area contributed by atoms with Crippen molar-refractivity contribution in [2.24, 2.45) is 0 Å². The van der Waals surface area contributed by atoms with Gasteiger partial charge in [0.25, 0.3) is 5.91 Å². The molecule has 0 unspecified atom stereocenters. The minimum absolute atomic E-state index is 0.131. The number of carbonyl (C=O) groups is 1. The van der Waals surface area contributed by atoms with Gasteiger partial charge in [0.15, 0.2) is 10.8 Å². The minimum Gasteiger partial charge on any atom is -0.296 e. The predicted octanol–water partition coefficient (Wildman–Crippen LogP) is 3.05. The number of benzene rings is 1. The number of halogens is 1. The lowest BCUT2D eigenvalue weighted by atomic mass is 10.2. The molecule has 1 amide bonds. The lowest BCUT2D eigenvalue weighted by molar-refractivity contribution is 0.101. The maximum absolute atomic E-state index is 13.5. The van der Waals surface area contributed by atoms with Gasteiger partial charge in [0.05, 0.1) is 17.6 Å². The minimum atomic E-state index is -0.492. The number of nitrogens with one attached hydrogen (secondary N) is 1. The summed E-state index contributed by atoms with van der Waals surface area (Å²) in [4.78, 5) is 21.1. The Kier molecular flexibility index (Phi) is 4.57. The first-order valence-electron chi connectivity index (χ1n) is 7.95. The Morgan fingerprint density at radius 2 is 2.04 bits per heavy atom. The molecule has 0 atom stereocenters. The molecule has 1 N–H and O–H groups in total. The summed E-state index contributed by atoms with van der Waals surface area (Å²) in [6, 6.07) is 12.7. The van der Waals surface area contributed by atoms with E-state index in [1.807, 2.05) is 6.07 Å². The van der Waals surface area contributed by atoms with Crippen molar-refractivity contribution >= 4 is 22.4 Å². The van der Waals surface area contributed by atoms with Gasteiger partial charge in [-0.25, -0.2) is 19.0 Å². The van der Waals surface area contributed by atoms with Crippen LogP contribution in [0.5, 0.6) is 0 Å². The van der Waals surface area contributed by atoms with Crippen molar-refractivity contribution in [3.05, 3.63) is 71.2 Å². The summed E-state index contributed by atoms with van der Waals surface area (Å²) < 4.78 is 14.7. The number of rotatable bonds is 4. The summed E-state index contributed by atoms with van der Waals surface area (Å²) >= 11 is 1.21. The molecule has 10 heteroatoms. The van der Waals surface area contributed by atoms with E-state index in [9.17, 15) is 9.18 Å². The van der Waals surface area contributed by atoms with Crippen molar-refractivity contribution < 1.29 is 9.18 Å². The Morgan fingerprint density at radius 1 is 1.18 bits per heavy atom. The smallest absolute Gasteiger partial charge is 0.277 e. The van der Waals surface area contributed by atoms with Crippen LogP contribution < -0.4 is 5.32 Å². The number of thiazole rings is 1. The lowest BCUT2D eigenvalue weighted by Crippen LogP contribution is -2.17. The number of hydrogen-bond acceptors (Lipinski definition) is 7. The van der Waals surface area contributed by atoms with Crippen molar-refractivity contribution in [1.82, 2.24) is 25.0 Å². The molecule has 136 valence electrons. The van der Waals surface area contributed by atoms with Crippen LogP contribution in [-0.2, 0) is 0 Å². The average Bonchev–Trinajstić information content (AvgIpc) is 3.38. The van der Waals surface area contributed by atoms with Crippen LogP contribution in [0.2, 0.25) is 0 Å². The summed E-state index contributed by atoms with van der Waals surface area (Å²) in [5, 5.41) is 21.3. The molecule has 8 nitrogen and oxygen atoms in total. The van der Waals surface area contributed by atoms with E-state index in [0.29, 0.717) is 22.2 Å². The van der Waals surface area contributed by atoms with Crippen LogP contribution in [-0.4, -0.2) is 30.9 Å². The van der Waals surface area contributed by atoms with Gasteiger partial charge in [-0.15, -0.1) is 16.4 Å². The highest BCUT2D eigenvalue weighted by molar-refractivity contribution is 7.14. The van der Waals surface area contributed by atoms with Crippen molar-refractivity contribution in [1.29, 1.82) is 5.26 Å². The van der Waals surface area contributed by atoms with E-state index in [1.54, 1.807) is 29.6 Å². The van der Waals surface area contributed by atoms with Gasteiger partial charge >= 0.3 is 0 Å². The Balaban J connectivity index is 1.57. The fourth-order valence-corrected chi connectivity index (χ4v) is 3.14. The lowest BCUT2D eigenvalue weighted by Gasteiger charge is -2.05. The quantitative estimate of drug-likeness (QED) is 0.573. The second-order valence-electron chi connectivity index (χ2n) is 5.52. The number of amides is 1. The molecular formula is C18H10FN7OS. The Bertz CT molecular complexity index is 1210. The van der Waals surface area contributed by atoms with E-state index in [2.05, 4.69) is 25.6 Å². The summed E-state index contributed by atoms with van der Waals surface area (Å²) in [6.07, 6.45) is 1.28. The van der Waals surface area contributed by atoms with Crippen LogP contribution in [0.3, 0.4) is 0 Å². The first kappa shape index (κ1) is 17.4. The maximum atomic E-state index is 13.5. The summed E-state index contributed by atoms with van der Waals surface area (Å²) in [7, 11) is 0. The SMILES string of the molecule is N#Cc1cccc(-c2csc(NC(=O)c3cnnn3-c3cccc(F)c3)n2)n1. The van der Waals surface area contributed by atoms with Gasteiger partial charge in [-0.05, 0) is 30.3 Å². The predicted molar refractivity (Wildman–Crippen MR) is 99.3 cm³/mol. The molecule has 4 aromatic rings. The van der Waals surface area contributed by atoms with Gasteiger partial charge < -0.3 is 0 Å². The van der Waals surface area contributed by atoms with E-state index in [-0.39, 0.29) is 11.4 Å². The topological polar surface area (TPSA) is 109 Å². The number of hydrogen-bond donors (Lipinski definition) is 1. The van der Waals surface area contributed by atoms with Gasteiger partial charge in [0, 0.05) is 5.38 Å². The molecule has 0 aliphatic rings. The molecule has 0 bridgehead atoms. The monoisotopic (exact) mass is 391 g/mol. The van der Waals surface area contributed by atoms with Crippen molar-refractivity contribution in [2.75, 3.05) is 5.32 Å². The third-order valence-corrected chi connectivity index (χ3v) is 4.44. The molecule has 28 heavy (non-hydrogen) atoms. The zero-order valence-electron chi connectivity index (χ0n) is 14.1. The normalized spacial score (nSPS) is 10.4. The summed E-state index contributed by atoms with van der Waals surface area (Å²) in [6.45, 7) is 0. The van der Waals surface area contributed by atoms with Crippen molar-refractivity contribution in [3.63, 3.8) is 0 Å². The van der Waals surface area contributed by atoms with Crippen LogP contribution in [0.15, 0.2) is 54.0 Å². The number of nitriles is 1. The van der Waals surface area contributed by atoms with E-state index in [1.165, 1.54) is 40.4 Å². The van der Waals surface area contributed by atoms with Crippen molar-refractivity contribution in [2.45, 2.75) is 0 Å². The molecule has 3 heterocycles. The largest absolute Gasteiger partial charge is 0.296 e. The van der Waals surface area contributed by atoms with Gasteiger partial charge in [-0.3, -0.25) is 10.1 Å². The number of nitrogens with zero attached hydrogens (tertiary/aromatic N) is 6. The van der Waals surface area contributed by atoms with Crippen LogP contribution >= 0.6 is 11.3 Å². The zero-order chi connectivity index (χ0) is 19.5. The zero-order valence-corrected chi connectivity index (χ0v) is 14.9. The fourth-order valence-electron chi connectivity index (χ4n) is 2.44. The first-order chi connectivity index (χ1) is 13.6. The van der Waals surface area contributed by atoms with Crippen LogP contribution in [0.1, 0.15) is 16.2 Å². The van der Waals surface area contributed by atoms with Crippen molar-refractivity contribution in [3.8, 4) is 23.1 Å². The molecule has 3 aromatic heterocycles. The number of anilines is 1. The van der Waals surface area contributed by atoms with E-state index in [0.717, 1.165) is 0 Å². The maximum Gasteiger partial charge on any atom is 0.277 e. The van der Waals surface area contributed by atoms with E-state index >= 15 is 0 Å². The van der Waals surface area contributed by atoms with E-state index in [4.69, 9.17) is 5.26 Å². The van der Waals surface area contributed by atoms with E-state index < -0.39 is 11.7 Å². The second-order valence-corrected chi connectivity index (χ2v) is 6.38. The highest BCUT2D eigenvalue weighted by Gasteiger charge is 2.17. The Hall–Kier alpha value is -3.97. The number of pyridine rings is 1.